The van der Waals surface area contributed by atoms with Crippen LogP contribution in [0.15, 0.2) is 102 Å². The van der Waals surface area contributed by atoms with Crippen molar-refractivity contribution in [3.05, 3.63) is 118 Å². The van der Waals surface area contributed by atoms with Gasteiger partial charge in [-0.15, -0.1) is 0 Å². The van der Waals surface area contributed by atoms with Gasteiger partial charge in [0.15, 0.2) is 20.5 Å². The quantitative estimate of drug-likeness (QED) is 0.182. The molecule has 4 atom stereocenters. The molecule has 3 heterocycles. The highest BCUT2D eigenvalue weighted by molar-refractivity contribution is 9.10. The second-order valence-corrected chi connectivity index (χ2v) is 19.2. The van der Waals surface area contributed by atoms with E-state index >= 15 is 0 Å². The highest BCUT2D eigenvalue weighted by Gasteiger charge is 2.66. The molecule has 0 aromatic heterocycles. The largest absolute Gasteiger partial charge is 0.482 e. The number of benzene rings is 4. The molecule has 0 radical (unpaired) electrons. The zero-order valence-corrected chi connectivity index (χ0v) is 32.0. The van der Waals surface area contributed by atoms with Gasteiger partial charge < -0.3 is 29.2 Å². The number of para-hydroxylation sites is 2. The van der Waals surface area contributed by atoms with Gasteiger partial charge in [-0.05, 0) is 66.7 Å². The molecule has 0 aliphatic carbocycles. The smallest absolute Gasteiger partial charge is 0.269 e. The SMILES string of the molecule is C[C@@H]1[C@@H]([Si](C)(C)O)[C@H](CC(=O)N(CCO)Cc2ccccc2)O[C@@]12C(=O)N(Cc1ccc(N3C(=O)COc4ccccc43)cc1)c1ccc(Br)cc12. The van der Waals surface area contributed by atoms with Crippen molar-refractivity contribution in [3.63, 3.8) is 0 Å². The van der Waals surface area contributed by atoms with Crippen molar-refractivity contribution in [1.82, 2.24) is 4.90 Å². The number of fused-ring (bicyclic) bond motifs is 3. The van der Waals surface area contributed by atoms with Crippen molar-refractivity contribution < 1.29 is 33.8 Å². The third-order valence-electron chi connectivity index (χ3n) is 10.5. The third-order valence-corrected chi connectivity index (χ3v) is 13.5. The standard InChI is InChI=1S/C40H42BrN3O7Si/c1-26-38(52(2,3)49)35(22-36(46)42(19-20-45)23-27-9-5-4-6-10-27)51-40(26)31-21-29(41)15-18-32(31)43(39(40)48)24-28-13-16-30(17-14-28)44-33-11-7-8-12-34(33)50-25-37(44)47/h4-18,21,26,35,38,45,49H,19-20,22-25H2,1-3H3/t26-,35+,38-,40+/m1/s1. The first-order chi connectivity index (χ1) is 24.9. The molecule has 1 spiro atoms. The van der Waals surface area contributed by atoms with E-state index in [0.717, 1.165) is 15.6 Å². The van der Waals surface area contributed by atoms with Gasteiger partial charge in [-0.2, -0.15) is 0 Å². The Labute approximate surface area is 312 Å². The summed E-state index contributed by atoms with van der Waals surface area (Å²) in [6, 6.07) is 30.3. The molecule has 3 amide bonds. The average Bonchev–Trinajstić information content (AvgIpc) is 3.54. The lowest BCUT2D eigenvalue weighted by Gasteiger charge is -2.32. The predicted molar refractivity (Wildman–Crippen MR) is 204 cm³/mol. The second kappa shape index (κ2) is 14.2. The number of carbonyl (C=O) groups excluding carboxylic acids is 3. The van der Waals surface area contributed by atoms with E-state index in [-0.39, 0.29) is 50.4 Å². The molecule has 4 aromatic rings. The first-order valence-corrected chi connectivity index (χ1v) is 21.3. The number of anilines is 3. The summed E-state index contributed by atoms with van der Waals surface area (Å²) in [5.74, 6) is -0.444. The molecule has 52 heavy (non-hydrogen) atoms. The number of aliphatic hydroxyl groups is 1. The molecule has 0 saturated carbocycles. The van der Waals surface area contributed by atoms with Crippen LogP contribution >= 0.6 is 15.9 Å². The van der Waals surface area contributed by atoms with E-state index < -0.39 is 31.5 Å². The van der Waals surface area contributed by atoms with Crippen LogP contribution in [0.4, 0.5) is 17.1 Å². The first kappa shape index (κ1) is 36.0. The number of hydrogen-bond donors (Lipinski definition) is 2. The van der Waals surface area contributed by atoms with Gasteiger partial charge in [0, 0.05) is 40.3 Å². The van der Waals surface area contributed by atoms with Crippen LogP contribution in [-0.4, -0.2) is 66.7 Å². The fourth-order valence-corrected chi connectivity index (χ4v) is 11.2. The summed E-state index contributed by atoms with van der Waals surface area (Å²) < 4.78 is 13.3. The fourth-order valence-electron chi connectivity index (χ4n) is 8.24. The Morgan fingerprint density at radius 1 is 0.962 bits per heavy atom. The van der Waals surface area contributed by atoms with Crippen LogP contribution in [0, 0.1) is 5.92 Å². The number of aliphatic hydroxyl groups excluding tert-OH is 1. The summed E-state index contributed by atoms with van der Waals surface area (Å²) >= 11 is 3.61. The summed E-state index contributed by atoms with van der Waals surface area (Å²) in [6.07, 6.45) is -0.766. The molecule has 1 saturated heterocycles. The number of hydrogen-bond acceptors (Lipinski definition) is 7. The Morgan fingerprint density at radius 3 is 2.38 bits per heavy atom. The predicted octanol–water partition coefficient (Wildman–Crippen LogP) is 6.26. The Morgan fingerprint density at radius 2 is 1.67 bits per heavy atom. The van der Waals surface area contributed by atoms with E-state index in [1.165, 1.54) is 0 Å². The molecular weight excluding hydrogens is 742 g/mol. The second-order valence-electron chi connectivity index (χ2n) is 14.3. The summed E-state index contributed by atoms with van der Waals surface area (Å²) in [7, 11) is -3.02. The number of carbonyl (C=O) groups is 3. The zero-order valence-electron chi connectivity index (χ0n) is 29.4. The van der Waals surface area contributed by atoms with Gasteiger partial charge in [-0.1, -0.05) is 77.5 Å². The molecule has 270 valence electrons. The fraction of sp³-hybridized carbons (Fsp3) is 0.325. The van der Waals surface area contributed by atoms with Crippen LogP contribution in [0.1, 0.15) is 30.0 Å². The monoisotopic (exact) mass is 783 g/mol. The van der Waals surface area contributed by atoms with Gasteiger partial charge in [0.1, 0.15) is 5.75 Å². The summed E-state index contributed by atoms with van der Waals surface area (Å²) in [4.78, 5) is 58.5. The van der Waals surface area contributed by atoms with Gasteiger partial charge in [0.2, 0.25) is 5.91 Å². The first-order valence-electron chi connectivity index (χ1n) is 17.5. The number of rotatable bonds is 10. The van der Waals surface area contributed by atoms with Gasteiger partial charge >= 0.3 is 0 Å². The van der Waals surface area contributed by atoms with Gasteiger partial charge in [0.05, 0.1) is 37.1 Å². The highest BCUT2D eigenvalue weighted by Crippen LogP contribution is 2.60. The summed E-state index contributed by atoms with van der Waals surface area (Å²) in [5, 5.41) is 9.83. The van der Waals surface area contributed by atoms with Crippen molar-refractivity contribution in [2.24, 2.45) is 5.92 Å². The van der Waals surface area contributed by atoms with E-state index in [9.17, 15) is 24.3 Å². The molecule has 3 aliphatic heterocycles. The molecule has 1 fully saturated rings. The molecule has 3 aliphatic rings. The maximum absolute atomic E-state index is 14.9. The lowest BCUT2D eigenvalue weighted by atomic mass is 9.82. The summed E-state index contributed by atoms with van der Waals surface area (Å²) in [6.45, 7) is 6.10. The van der Waals surface area contributed by atoms with Crippen LogP contribution in [0.5, 0.6) is 5.75 Å². The van der Waals surface area contributed by atoms with Crippen molar-refractivity contribution >= 4 is 59.0 Å². The third kappa shape index (κ3) is 6.47. The van der Waals surface area contributed by atoms with Gasteiger partial charge in [-0.3, -0.25) is 19.3 Å². The molecule has 7 rings (SSSR count). The minimum absolute atomic E-state index is 0.0396. The molecular formula is C40H42BrN3O7Si. The van der Waals surface area contributed by atoms with Crippen molar-refractivity contribution in [2.75, 3.05) is 29.6 Å². The minimum atomic E-state index is -3.02. The zero-order chi connectivity index (χ0) is 36.8. The van der Waals surface area contributed by atoms with Gasteiger partial charge in [0.25, 0.3) is 11.8 Å². The lowest BCUT2D eigenvalue weighted by molar-refractivity contribution is -0.150. The van der Waals surface area contributed by atoms with E-state index in [1.807, 2.05) is 117 Å². The molecule has 12 heteroatoms. The molecule has 10 nitrogen and oxygen atoms in total. The lowest BCUT2D eigenvalue weighted by Crippen LogP contribution is -2.46. The normalized spacial score (nSPS) is 22.4. The molecule has 0 bridgehead atoms. The summed E-state index contributed by atoms with van der Waals surface area (Å²) in [5.41, 5.74) is 2.69. The van der Waals surface area contributed by atoms with E-state index in [1.54, 1.807) is 14.7 Å². The maximum Gasteiger partial charge on any atom is 0.269 e. The van der Waals surface area contributed by atoms with Crippen LogP contribution in [0.2, 0.25) is 18.6 Å². The van der Waals surface area contributed by atoms with Crippen molar-refractivity contribution in [1.29, 1.82) is 0 Å². The molecule has 0 unspecified atom stereocenters. The average molecular weight is 785 g/mol. The minimum Gasteiger partial charge on any atom is -0.482 e. The Balaban J connectivity index is 1.18. The Bertz CT molecular complexity index is 1990. The van der Waals surface area contributed by atoms with E-state index in [0.29, 0.717) is 34.9 Å². The van der Waals surface area contributed by atoms with Crippen LogP contribution < -0.4 is 14.5 Å². The van der Waals surface area contributed by atoms with Crippen LogP contribution in [-0.2, 0) is 37.8 Å². The van der Waals surface area contributed by atoms with Crippen molar-refractivity contribution in [2.45, 2.75) is 56.8 Å². The molecule has 2 N–H and O–H groups in total. The Hall–Kier alpha value is -4.33. The molecule has 4 aromatic carbocycles. The van der Waals surface area contributed by atoms with E-state index in [2.05, 4.69) is 15.9 Å². The van der Waals surface area contributed by atoms with E-state index in [4.69, 9.17) is 9.47 Å². The number of nitrogens with zero attached hydrogens (tertiary/aromatic N) is 3. The van der Waals surface area contributed by atoms with Crippen LogP contribution in [0.3, 0.4) is 0 Å². The highest BCUT2D eigenvalue weighted by atomic mass is 79.9. The number of ether oxygens (including phenoxy) is 2. The van der Waals surface area contributed by atoms with Gasteiger partial charge in [-0.25, -0.2) is 0 Å². The van der Waals surface area contributed by atoms with Crippen LogP contribution in [0.25, 0.3) is 0 Å². The Kier molecular flexibility index (Phi) is 9.87. The topological polar surface area (TPSA) is 120 Å². The maximum atomic E-state index is 14.9. The van der Waals surface area contributed by atoms with Crippen molar-refractivity contribution in [3.8, 4) is 5.75 Å². The number of halogens is 1. The number of amides is 3.